The molecule has 0 fully saturated rings. The van der Waals surface area contributed by atoms with E-state index in [9.17, 15) is 9.59 Å². The van der Waals surface area contributed by atoms with Gasteiger partial charge in [-0.25, -0.2) is 9.59 Å². The van der Waals surface area contributed by atoms with Crippen molar-refractivity contribution in [1.82, 2.24) is 0 Å². The number of carbonyl (C=O) groups is 2. The molecule has 4 nitrogen and oxygen atoms in total. The van der Waals surface area contributed by atoms with Gasteiger partial charge in [-0.15, -0.1) is 0 Å². The number of hydrogen-bond donors (Lipinski definition) is 0. The van der Waals surface area contributed by atoms with Crippen LogP contribution in [0.3, 0.4) is 0 Å². The average molecular weight is 298 g/mol. The Morgan fingerprint density at radius 2 is 1.24 bits per heavy atom. The number of hydrogen-bond acceptors (Lipinski definition) is 4. The first-order valence-electron chi connectivity index (χ1n) is 8.12. The Morgan fingerprint density at radius 1 is 0.762 bits per heavy atom. The summed E-state index contributed by atoms with van der Waals surface area (Å²) < 4.78 is 10.4. The van der Waals surface area contributed by atoms with Crippen LogP contribution in [-0.2, 0) is 19.1 Å². The molecule has 0 aromatic carbocycles. The molecule has 0 atom stereocenters. The maximum Gasteiger partial charge on any atom is 0.334 e. The van der Waals surface area contributed by atoms with Crippen LogP contribution in [0.4, 0.5) is 0 Å². The molecule has 0 aromatic rings. The molecule has 0 heterocycles. The van der Waals surface area contributed by atoms with Crippen LogP contribution < -0.4 is 0 Å². The summed E-state index contributed by atoms with van der Waals surface area (Å²) in [6, 6.07) is 0. The maximum absolute atomic E-state index is 12.1. The van der Waals surface area contributed by atoms with E-state index in [-0.39, 0.29) is 5.97 Å². The van der Waals surface area contributed by atoms with Gasteiger partial charge in [-0.3, -0.25) is 0 Å². The fourth-order valence-corrected chi connectivity index (χ4v) is 1.73. The Labute approximate surface area is 128 Å². The Balaban J connectivity index is 4.77. The van der Waals surface area contributed by atoms with Crippen molar-refractivity contribution in [2.24, 2.45) is 0 Å². The molecule has 0 aliphatic rings. The van der Waals surface area contributed by atoms with Crippen LogP contribution in [0.25, 0.3) is 0 Å². The summed E-state index contributed by atoms with van der Waals surface area (Å²) in [5.74, 6) is -0.774. The van der Waals surface area contributed by atoms with Crippen molar-refractivity contribution in [3.8, 4) is 0 Å². The quantitative estimate of drug-likeness (QED) is 0.326. The van der Waals surface area contributed by atoms with Gasteiger partial charge >= 0.3 is 11.9 Å². The van der Waals surface area contributed by atoms with E-state index in [1.54, 1.807) is 6.92 Å². The van der Waals surface area contributed by atoms with E-state index in [0.717, 1.165) is 38.5 Å². The van der Waals surface area contributed by atoms with Crippen molar-refractivity contribution >= 4 is 11.9 Å². The van der Waals surface area contributed by atoms with Crippen molar-refractivity contribution in [3.05, 3.63) is 11.1 Å². The Kier molecular flexibility index (Phi) is 11.6. The van der Waals surface area contributed by atoms with Crippen LogP contribution >= 0.6 is 0 Å². The van der Waals surface area contributed by atoms with Gasteiger partial charge in [0.1, 0.15) is 0 Å². The maximum atomic E-state index is 12.1. The highest BCUT2D eigenvalue weighted by molar-refractivity contribution is 5.99. The van der Waals surface area contributed by atoms with Gasteiger partial charge in [0.15, 0.2) is 0 Å². The molecule has 0 aromatic heterocycles. The smallest absolute Gasteiger partial charge is 0.334 e. The molecule has 0 saturated heterocycles. The zero-order valence-electron chi connectivity index (χ0n) is 14.0. The molecule has 0 N–H and O–H groups in total. The van der Waals surface area contributed by atoms with Crippen molar-refractivity contribution in [2.75, 3.05) is 13.2 Å². The van der Waals surface area contributed by atoms with Crippen molar-refractivity contribution in [2.45, 2.75) is 72.6 Å². The SMILES string of the molecule is CCCCOC(=O)/C(C)=C(/CCCC)C(=O)OCCCC. The second-order valence-corrected chi connectivity index (χ2v) is 5.19. The van der Waals surface area contributed by atoms with Crippen molar-refractivity contribution in [1.29, 1.82) is 0 Å². The number of rotatable bonds is 11. The van der Waals surface area contributed by atoms with Gasteiger partial charge in [0, 0.05) is 11.1 Å². The zero-order chi connectivity index (χ0) is 16.1. The van der Waals surface area contributed by atoms with Gasteiger partial charge in [0.2, 0.25) is 0 Å². The molecule has 0 rings (SSSR count). The van der Waals surface area contributed by atoms with Gasteiger partial charge in [-0.2, -0.15) is 0 Å². The van der Waals surface area contributed by atoms with E-state index in [1.165, 1.54) is 0 Å². The molecule has 122 valence electrons. The molecule has 21 heavy (non-hydrogen) atoms. The van der Waals surface area contributed by atoms with Crippen LogP contribution in [-0.4, -0.2) is 25.2 Å². The molecule has 0 spiro atoms. The van der Waals surface area contributed by atoms with E-state index in [1.807, 2.05) is 13.8 Å². The normalized spacial score (nSPS) is 11.8. The van der Waals surface area contributed by atoms with Gasteiger partial charge < -0.3 is 9.47 Å². The summed E-state index contributed by atoms with van der Waals surface area (Å²) in [5, 5.41) is 0. The highest BCUT2D eigenvalue weighted by atomic mass is 16.5. The minimum Gasteiger partial charge on any atom is -0.462 e. The summed E-state index contributed by atoms with van der Waals surface area (Å²) in [5.41, 5.74) is 0.857. The van der Waals surface area contributed by atoms with Gasteiger partial charge in [0.25, 0.3) is 0 Å². The topological polar surface area (TPSA) is 52.6 Å². The summed E-state index contributed by atoms with van der Waals surface area (Å²) in [6.07, 6.45) is 6.01. The second-order valence-electron chi connectivity index (χ2n) is 5.19. The molecule has 0 unspecified atom stereocenters. The predicted molar refractivity (Wildman–Crippen MR) is 84.0 cm³/mol. The molecule has 0 amide bonds. The summed E-state index contributed by atoms with van der Waals surface area (Å²) in [7, 11) is 0. The minimum atomic E-state index is -0.401. The largest absolute Gasteiger partial charge is 0.462 e. The number of carbonyl (C=O) groups excluding carboxylic acids is 2. The van der Waals surface area contributed by atoms with Crippen LogP contribution in [0.15, 0.2) is 11.1 Å². The molecule has 4 heteroatoms. The number of esters is 2. The Hall–Kier alpha value is -1.32. The molecule has 0 aliphatic heterocycles. The Bertz CT molecular complexity index is 345. The lowest BCUT2D eigenvalue weighted by Crippen LogP contribution is -2.16. The summed E-state index contributed by atoms with van der Waals surface area (Å²) in [4.78, 5) is 24.1. The standard InChI is InChI=1S/C17H30O4/c1-5-8-11-15(17(19)21-13-10-7-3)14(4)16(18)20-12-9-6-2/h5-13H2,1-4H3/b15-14-. The number of ether oxygens (including phenoxy) is 2. The predicted octanol–water partition coefficient (Wildman–Crippen LogP) is 4.18. The van der Waals surface area contributed by atoms with Crippen LogP contribution in [0.5, 0.6) is 0 Å². The zero-order valence-corrected chi connectivity index (χ0v) is 14.0. The highest BCUT2D eigenvalue weighted by Gasteiger charge is 2.19. The monoisotopic (exact) mass is 298 g/mol. The van der Waals surface area contributed by atoms with E-state index >= 15 is 0 Å². The summed E-state index contributed by atoms with van der Waals surface area (Å²) in [6.45, 7) is 8.59. The van der Waals surface area contributed by atoms with Crippen molar-refractivity contribution < 1.29 is 19.1 Å². The van der Waals surface area contributed by atoms with Crippen LogP contribution in [0.2, 0.25) is 0 Å². The fraction of sp³-hybridized carbons (Fsp3) is 0.765. The molecule has 0 radical (unpaired) electrons. The van der Waals surface area contributed by atoms with Crippen LogP contribution in [0, 0.1) is 0 Å². The molecular formula is C17H30O4. The fourth-order valence-electron chi connectivity index (χ4n) is 1.73. The van der Waals surface area contributed by atoms with E-state index in [2.05, 4.69) is 6.92 Å². The first kappa shape index (κ1) is 19.7. The first-order chi connectivity index (χ1) is 10.1. The highest BCUT2D eigenvalue weighted by Crippen LogP contribution is 2.16. The van der Waals surface area contributed by atoms with Crippen LogP contribution in [0.1, 0.15) is 72.6 Å². The minimum absolute atomic E-state index is 0.373. The lowest BCUT2D eigenvalue weighted by atomic mass is 10.0. The lowest BCUT2D eigenvalue weighted by Gasteiger charge is -2.11. The average Bonchev–Trinajstić information content (AvgIpc) is 2.47. The van der Waals surface area contributed by atoms with Crippen molar-refractivity contribution in [3.63, 3.8) is 0 Å². The third-order valence-electron chi connectivity index (χ3n) is 3.25. The first-order valence-corrected chi connectivity index (χ1v) is 8.12. The number of unbranched alkanes of at least 4 members (excludes halogenated alkanes) is 3. The third-order valence-corrected chi connectivity index (χ3v) is 3.25. The molecular weight excluding hydrogens is 268 g/mol. The van der Waals surface area contributed by atoms with Gasteiger partial charge in [-0.05, 0) is 32.6 Å². The molecule has 0 saturated carbocycles. The van der Waals surface area contributed by atoms with E-state index < -0.39 is 5.97 Å². The van der Waals surface area contributed by atoms with E-state index in [0.29, 0.717) is 30.8 Å². The second kappa shape index (κ2) is 12.4. The van der Waals surface area contributed by atoms with Gasteiger partial charge in [-0.1, -0.05) is 40.0 Å². The lowest BCUT2D eigenvalue weighted by molar-refractivity contribution is -0.142. The molecule has 0 aliphatic carbocycles. The van der Waals surface area contributed by atoms with Gasteiger partial charge in [0.05, 0.1) is 13.2 Å². The molecule has 0 bridgehead atoms. The third kappa shape index (κ3) is 8.53. The summed E-state index contributed by atoms with van der Waals surface area (Å²) >= 11 is 0. The van der Waals surface area contributed by atoms with E-state index in [4.69, 9.17) is 9.47 Å². The Morgan fingerprint density at radius 3 is 1.71 bits per heavy atom.